The van der Waals surface area contributed by atoms with Gasteiger partial charge in [0, 0.05) is 5.56 Å². The minimum Gasteiger partial charge on any atom is -0.480 e. The number of aliphatic imine (C=N–C) groups is 1. The maximum absolute atomic E-state index is 11.4. The van der Waals surface area contributed by atoms with Crippen molar-refractivity contribution in [2.45, 2.75) is 76.6 Å². The molecule has 0 saturated heterocycles. The third-order valence-electron chi connectivity index (χ3n) is 6.83. The van der Waals surface area contributed by atoms with Gasteiger partial charge in [-0.1, -0.05) is 24.3 Å². The molecule has 2 aliphatic rings. The first kappa shape index (κ1) is 24.5. The van der Waals surface area contributed by atoms with Crippen LogP contribution in [0.15, 0.2) is 29.3 Å². The maximum atomic E-state index is 11.4. The summed E-state index contributed by atoms with van der Waals surface area (Å²) >= 11 is 1.56. The Balaban J connectivity index is 1.44. The van der Waals surface area contributed by atoms with E-state index in [4.69, 9.17) is 15.5 Å². The number of carboxylic acids is 1. The smallest absolute Gasteiger partial charge is 0.319 e. The summed E-state index contributed by atoms with van der Waals surface area (Å²) in [6, 6.07) is 8.64. The summed E-state index contributed by atoms with van der Waals surface area (Å²) in [4.78, 5) is 24.8. The van der Waals surface area contributed by atoms with E-state index >= 15 is 0 Å². The number of fused-ring (bicyclic) bond motifs is 1. The Bertz CT molecular complexity index is 1100. The van der Waals surface area contributed by atoms with Crippen LogP contribution in [0.5, 0.6) is 5.88 Å². The summed E-state index contributed by atoms with van der Waals surface area (Å²) in [6.07, 6.45) is 4.54. The summed E-state index contributed by atoms with van der Waals surface area (Å²) in [7, 11) is 0. The summed E-state index contributed by atoms with van der Waals surface area (Å²) in [5, 5.41) is 9.33. The van der Waals surface area contributed by atoms with Gasteiger partial charge in [0.05, 0.1) is 5.71 Å². The molecule has 1 aromatic carbocycles. The molecule has 1 aliphatic heterocycles. The normalized spacial score (nSPS) is 21.9. The summed E-state index contributed by atoms with van der Waals surface area (Å²) < 4.78 is 5.45. The van der Waals surface area contributed by atoms with E-state index in [1.165, 1.54) is 5.56 Å². The largest absolute Gasteiger partial charge is 0.480 e. The van der Waals surface area contributed by atoms with Crippen LogP contribution in [0.2, 0.25) is 0 Å². The second-order valence-electron chi connectivity index (χ2n) is 10.3. The first-order valence-corrected chi connectivity index (χ1v) is 12.8. The van der Waals surface area contributed by atoms with Crippen molar-refractivity contribution in [2.24, 2.45) is 10.9 Å². The SMILES string of the molecule is Cc1nc(N)c2c(n1)OC(C)(C)C(c1ccc(C3CCC(CSC(C)(C)C(=O)O)CC3)cc1)=N2. The molecule has 34 heavy (non-hydrogen) atoms. The van der Waals surface area contributed by atoms with Crippen molar-refractivity contribution in [3.8, 4) is 5.88 Å². The van der Waals surface area contributed by atoms with E-state index in [2.05, 4.69) is 34.2 Å². The second kappa shape index (κ2) is 9.21. The summed E-state index contributed by atoms with van der Waals surface area (Å²) in [5.74, 6) is 2.61. The van der Waals surface area contributed by atoms with Crippen molar-refractivity contribution >= 4 is 34.9 Å². The van der Waals surface area contributed by atoms with E-state index in [1.807, 2.05) is 13.8 Å². The fourth-order valence-electron chi connectivity index (χ4n) is 4.65. The lowest BCUT2D eigenvalue weighted by atomic mass is 9.79. The van der Waals surface area contributed by atoms with Gasteiger partial charge in [-0.2, -0.15) is 4.98 Å². The van der Waals surface area contributed by atoms with E-state index in [-0.39, 0.29) is 0 Å². The van der Waals surface area contributed by atoms with Gasteiger partial charge in [0.25, 0.3) is 0 Å². The minimum absolute atomic E-state index is 0.328. The van der Waals surface area contributed by atoms with E-state index in [1.54, 1.807) is 32.5 Å². The number of aryl methyl sites for hydroxylation is 1. The van der Waals surface area contributed by atoms with Gasteiger partial charge in [-0.3, -0.25) is 4.79 Å². The lowest BCUT2D eigenvalue weighted by Gasteiger charge is -2.33. The Morgan fingerprint density at radius 2 is 1.82 bits per heavy atom. The van der Waals surface area contributed by atoms with Crippen molar-refractivity contribution in [3.63, 3.8) is 0 Å². The molecule has 8 heteroatoms. The number of hydrogen-bond donors (Lipinski definition) is 2. The van der Waals surface area contributed by atoms with Crippen LogP contribution < -0.4 is 10.5 Å². The van der Waals surface area contributed by atoms with Gasteiger partial charge in [0.1, 0.15) is 16.2 Å². The van der Waals surface area contributed by atoms with E-state index in [9.17, 15) is 9.90 Å². The van der Waals surface area contributed by atoms with Crippen LogP contribution in [0.3, 0.4) is 0 Å². The average Bonchev–Trinajstić information content (AvgIpc) is 2.77. The first-order valence-electron chi connectivity index (χ1n) is 11.9. The molecule has 0 atom stereocenters. The molecule has 1 saturated carbocycles. The molecule has 0 unspecified atom stereocenters. The van der Waals surface area contributed by atoms with Crippen LogP contribution in [-0.4, -0.2) is 42.9 Å². The fraction of sp³-hybridized carbons (Fsp3) is 0.538. The number of ether oxygens (including phenoxy) is 1. The van der Waals surface area contributed by atoms with E-state index in [0.29, 0.717) is 35.0 Å². The molecule has 0 radical (unpaired) electrons. The van der Waals surface area contributed by atoms with E-state index < -0.39 is 16.3 Å². The molecule has 2 aromatic rings. The van der Waals surface area contributed by atoms with Crippen LogP contribution in [0.25, 0.3) is 0 Å². The molecule has 0 spiro atoms. The highest BCUT2D eigenvalue weighted by Crippen LogP contribution is 2.41. The Kier molecular flexibility index (Phi) is 6.64. The Morgan fingerprint density at radius 1 is 1.18 bits per heavy atom. The van der Waals surface area contributed by atoms with Crippen LogP contribution in [0.4, 0.5) is 11.5 Å². The maximum Gasteiger partial charge on any atom is 0.319 e. The lowest BCUT2D eigenvalue weighted by molar-refractivity contribution is -0.138. The number of hydrogen-bond acceptors (Lipinski definition) is 7. The van der Waals surface area contributed by atoms with Gasteiger partial charge in [-0.05, 0) is 83.5 Å². The van der Waals surface area contributed by atoms with Gasteiger partial charge in [0.15, 0.2) is 11.5 Å². The Morgan fingerprint density at radius 3 is 2.44 bits per heavy atom. The number of nitrogens with zero attached hydrogens (tertiary/aromatic N) is 3. The van der Waals surface area contributed by atoms with Gasteiger partial charge >= 0.3 is 5.97 Å². The van der Waals surface area contributed by atoms with Crippen molar-refractivity contribution < 1.29 is 14.6 Å². The highest BCUT2D eigenvalue weighted by molar-refractivity contribution is 8.01. The van der Waals surface area contributed by atoms with Gasteiger partial charge in [0.2, 0.25) is 5.88 Å². The molecule has 1 fully saturated rings. The molecule has 7 nitrogen and oxygen atoms in total. The van der Waals surface area contributed by atoms with Gasteiger partial charge < -0.3 is 15.6 Å². The molecule has 0 bridgehead atoms. The predicted octanol–water partition coefficient (Wildman–Crippen LogP) is 5.53. The predicted molar refractivity (Wildman–Crippen MR) is 137 cm³/mol. The monoisotopic (exact) mass is 482 g/mol. The topological polar surface area (TPSA) is 111 Å². The molecule has 0 amide bonds. The zero-order valence-electron chi connectivity index (χ0n) is 20.6. The fourth-order valence-corrected chi connectivity index (χ4v) is 5.76. The number of nitrogens with two attached hydrogens (primary N) is 1. The number of carboxylic acid groups (broad SMARTS) is 1. The number of rotatable bonds is 6. The molecule has 182 valence electrons. The third-order valence-corrected chi connectivity index (χ3v) is 8.37. The number of aromatic nitrogens is 2. The highest BCUT2D eigenvalue weighted by atomic mass is 32.2. The van der Waals surface area contributed by atoms with Crippen molar-refractivity contribution in [1.29, 1.82) is 0 Å². The zero-order chi connectivity index (χ0) is 24.7. The second-order valence-corrected chi connectivity index (χ2v) is 12.0. The Labute approximate surface area is 205 Å². The highest BCUT2D eigenvalue weighted by Gasteiger charge is 2.36. The number of carbonyl (C=O) groups is 1. The average molecular weight is 483 g/mol. The van der Waals surface area contributed by atoms with Crippen LogP contribution in [0, 0.1) is 12.8 Å². The molecule has 4 rings (SSSR count). The molecule has 2 heterocycles. The molecule has 1 aliphatic carbocycles. The van der Waals surface area contributed by atoms with Gasteiger partial charge in [-0.15, -0.1) is 11.8 Å². The number of thioether (sulfide) groups is 1. The summed E-state index contributed by atoms with van der Waals surface area (Å²) in [6.45, 7) is 9.34. The zero-order valence-corrected chi connectivity index (χ0v) is 21.4. The minimum atomic E-state index is -0.740. The number of anilines is 1. The lowest BCUT2D eigenvalue weighted by Crippen LogP contribution is -2.41. The van der Waals surface area contributed by atoms with Crippen molar-refractivity contribution in [3.05, 3.63) is 41.2 Å². The standard InChI is InChI=1S/C26H34N4O3S/c1-15-28-22(27)20-23(29-15)33-25(2,3)21(30-20)19-12-10-18(11-13-19)17-8-6-16(7-9-17)14-34-26(4,5)24(31)32/h10-13,16-17H,6-9,14H2,1-5H3,(H,31,32)(H2,27,28,29). The number of nitrogen functional groups attached to an aromatic ring is 1. The van der Waals surface area contributed by atoms with Crippen LogP contribution >= 0.6 is 11.8 Å². The molecular weight excluding hydrogens is 448 g/mol. The van der Waals surface area contributed by atoms with Crippen LogP contribution in [0.1, 0.15) is 76.2 Å². The molecule has 1 aromatic heterocycles. The van der Waals surface area contributed by atoms with Crippen molar-refractivity contribution in [1.82, 2.24) is 9.97 Å². The molecular formula is C26H34N4O3S. The number of aliphatic carboxylic acids is 1. The van der Waals surface area contributed by atoms with E-state index in [0.717, 1.165) is 42.7 Å². The van der Waals surface area contributed by atoms with Gasteiger partial charge in [-0.25, -0.2) is 9.98 Å². The third kappa shape index (κ3) is 5.06. The first-order chi connectivity index (χ1) is 16.0. The number of benzene rings is 1. The Hall–Kier alpha value is -2.61. The van der Waals surface area contributed by atoms with Crippen molar-refractivity contribution in [2.75, 3.05) is 11.5 Å². The summed E-state index contributed by atoms with van der Waals surface area (Å²) in [5.41, 5.74) is 9.10. The quantitative estimate of drug-likeness (QED) is 0.557. The molecule has 3 N–H and O–H groups in total. The van der Waals surface area contributed by atoms with Crippen LogP contribution in [-0.2, 0) is 4.79 Å².